The lowest BCUT2D eigenvalue weighted by Gasteiger charge is -2.10. The van der Waals surface area contributed by atoms with Gasteiger partial charge in [-0.2, -0.15) is 10.2 Å². The molecule has 3 aromatic rings. The predicted molar refractivity (Wildman–Crippen MR) is 91.2 cm³/mol. The Bertz CT molecular complexity index is 929. The van der Waals surface area contributed by atoms with Gasteiger partial charge in [0, 0.05) is 24.6 Å². The summed E-state index contributed by atoms with van der Waals surface area (Å²) in [6, 6.07) is 9.13. The Labute approximate surface area is 141 Å². The van der Waals surface area contributed by atoms with E-state index >= 15 is 0 Å². The van der Waals surface area contributed by atoms with Crippen LogP contribution in [0, 0.1) is 6.92 Å². The van der Waals surface area contributed by atoms with Crippen LogP contribution in [-0.4, -0.2) is 28.0 Å². The monoisotopic (exact) mass is 345 g/mol. The number of hydrogen-bond acceptors (Lipinski definition) is 4. The van der Waals surface area contributed by atoms with Crippen LogP contribution in [0.25, 0.3) is 0 Å². The summed E-state index contributed by atoms with van der Waals surface area (Å²) in [6.07, 6.45) is 4.95. The Morgan fingerprint density at radius 2 is 2.04 bits per heavy atom. The van der Waals surface area contributed by atoms with Crippen LogP contribution < -0.4 is 4.72 Å². The highest BCUT2D eigenvalue weighted by molar-refractivity contribution is 7.92. The molecule has 0 atom stereocenters. The number of sulfonamides is 1. The van der Waals surface area contributed by atoms with E-state index in [2.05, 4.69) is 14.9 Å². The molecule has 0 unspecified atom stereocenters. The van der Waals surface area contributed by atoms with Crippen molar-refractivity contribution in [2.75, 3.05) is 4.72 Å². The minimum atomic E-state index is -3.67. The van der Waals surface area contributed by atoms with Crippen LogP contribution in [0.2, 0.25) is 0 Å². The molecule has 0 saturated carbocycles. The molecule has 3 rings (SSSR count). The van der Waals surface area contributed by atoms with Gasteiger partial charge in [0.25, 0.3) is 10.0 Å². The molecule has 24 heavy (non-hydrogen) atoms. The average molecular weight is 345 g/mol. The third kappa shape index (κ3) is 3.33. The van der Waals surface area contributed by atoms with Crippen LogP contribution in [0.1, 0.15) is 18.2 Å². The van der Waals surface area contributed by atoms with E-state index in [1.54, 1.807) is 34.6 Å². The van der Waals surface area contributed by atoms with Crippen molar-refractivity contribution in [1.82, 2.24) is 19.6 Å². The third-order valence-corrected chi connectivity index (χ3v) is 5.21. The Morgan fingerprint density at radius 1 is 1.21 bits per heavy atom. The summed E-state index contributed by atoms with van der Waals surface area (Å²) in [5.41, 5.74) is 2.10. The average Bonchev–Trinajstić information content (AvgIpc) is 3.16. The predicted octanol–water partition coefficient (Wildman–Crippen LogP) is 2.26. The van der Waals surface area contributed by atoms with Crippen molar-refractivity contribution in [3.63, 3.8) is 0 Å². The molecule has 0 aliphatic heterocycles. The highest BCUT2D eigenvalue weighted by Crippen LogP contribution is 2.20. The van der Waals surface area contributed by atoms with Gasteiger partial charge >= 0.3 is 0 Å². The van der Waals surface area contributed by atoms with Gasteiger partial charge in [-0.25, -0.2) is 8.42 Å². The SMILES string of the molecule is CCn1ncc(S(=O)(=O)Nc2cccc(Cn3cccn3)c2)c1C. The molecule has 2 aromatic heterocycles. The van der Waals surface area contributed by atoms with Crippen LogP contribution in [0.5, 0.6) is 0 Å². The van der Waals surface area contributed by atoms with Crippen LogP contribution in [0.4, 0.5) is 5.69 Å². The van der Waals surface area contributed by atoms with Gasteiger partial charge in [-0.1, -0.05) is 12.1 Å². The molecule has 1 aromatic carbocycles. The minimum Gasteiger partial charge on any atom is -0.280 e. The Hall–Kier alpha value is -2.61. The first kappa shape index (κ1) is 16.3. The number of aryl methyl sites for hydroxylation is 1. The second-order valence-corrected chi connectivity index (χ2v) is 7.07. The van der Waals surface area contributed by atoms with Crippen molar-refractivity contribution in [3.05, 3.63) is 60.2 Å². The number of aromatic nitrogens is 4. The number of nitrogens with one attached hydrogen (secondary N) is 1. The second-order valence-electron chi connectivity index (χ2n) is 5.42. The van der Waals surface area contributed by atoms with Crippen molar-refractivity contribution in [1.29, 1.82) is 0 Å². The molecule has 7 nitrogen and oxygen atoms in total. The molecule has 0 aliphatic carbocycles. The van der Waals surface area contributed by atoms with Gasteiger partial charge in [-0.05, 0) is 37.6 Å². The zero-order valence-electron chi connectivity index (χ0n) is 13.5. The van der Waals surface area contributed by atoms with Crippen LogP contribution in [-0.2, 0) is 23.1 Å². The van der Waals surface area contributed by atoms with E-state index in [1.807, 2.05) is 31.3 Å². The lowest BCUT2D eigenvalue weighted by atomic mass is 10.2. The molecule has 1 N–H and O–H groups in total. The molecule has 0 saturated heterocycles. The summed E-state index contributed by atoms with van der Waals surface area (Å²) in [7, 11) is -3.67. The van der Waals surface area contributed by atoms with E-state index in [4.69, 9.17) is 0 Å². The first-order chi connectivity index (χ1) is 11.5. The van der Waals surface area contributed by atoms with Gasteiger partial charge in [-0.15, -0.1) is 0 Å². The van der Waals surface area contributed by atoms with Gasteiger partial charge in [0.1, 0.15) is 4.90 Å². The van der Waals surface area contributed by atoms with E-state index in [0.717, 1.165) is 5.56 Å². The molecule has 0 spiro atoms. The molecule has 0 radical (unpaired) electrons. The van der Waals surface area contributed by atoms with E-state index in [0.29, 0.717) is 24.5 Å². The second kappa shape index (κ2) is 6.48. The summed E-state index contributed by atoms with van der Waals surface area (Å²) in [6.45, 7) is 4.87. The fraction of sp³-hybridized carbons (Fsp3) is 0.250. The summed E-state index contributed by atoms with van der Waals surface area (Å²) >= 11 is 0. The maximum atomic E-state index is 12.6. The smallest absolute Gasteiger partial charge is 0.265 e. The fourth-order valence-corrected chi connectivity index (χ4v) is 3.76. The normalized spacial score (nSPS) is 11.6. The minimum absolute atomic E-state index is 0.196. The summed E-state index contributed by atoms with van der Waals surface area (Å²) in [5, 5.41) is 8.25. The largest absolute Gasteiger partial charge is 0.280 e. The van der Waals surface area contributed by atoms with Gasteiger partial charge in [-0.3, -0.25) is 14.1 Å². The Morgan fingerprint density at radius 3 is 2.71 bits per heavy atom. The van der Waals surface area contributed by atoms with Gasteiger partial charge in [0.15, 0.2) is 0 Å². The van der Waals surface area contributed by atoms with E-state index in [9.17, 15) is 8.42 Å². The highest BCUT2D eigenvalue weighted by atomic mass is 32.2. The molecule has 0 amide bonds. The summed E-state index contributed by atoms with van der Waals surface area (Å²) < 4.78 is 31.3. The van der Waals surface area contributed by atoms with Crippen LogP contribution in [0.15, 0.2) is 53.8 Å². The number of rotatable bonds is 6. The Kier molecular flexibility index (Phi) is 4.39. The third-order valence-electron chi connectivity index (χ3n) is 3.73. The first-order valence-electron chi connectivity index (χ1n) is 7.61. The summed E-state index contributed by atoms with van der Waals surface area (Å²) in [5.74, 6) is 0. The highest BCUT2D eigenvalue weighted by Gasteiger charge is 2.20. The number of anilines is 1. The van der Waals surface area contributed by atoms with Gasteiger partial charge in [0.2, 0.25) is 0 Å². The molecule has 0 bridgehead atoms. The van der Waals surface area contributed by atoms with Crippen molar-refractivity contribution >= 4 is 15.7 Å². The zero-order valence-corrected chi connectivity index (χ0v) is 14.4. The summed E-state index contributed by atoms with van der Waals surface area (Å²) in [4.78, 5) is 0.196. The number of hydrogen-bond donors (Lipinski definition) is 1. The zero-order chi connectivity index (χ0) is 17.2. The van der Waals surface area contributed by atoms with Crippen LogP contribution in [0.3, 0.4) is 0 Å². The maximum absolute atomic E-state index is 12.6. The van der Waals surface area contributed by atoms with Crippen LogP contribution >= 0.6 is 0 Å². The number of benzene rings is 1. The molecule has 0 fully saturated rings. The maximum Gasteiger partial charge on any atom is 0.265 e. The van der Waals surface area contributed by atoms with Crippen molar-refractivity contribution in [3.8, 4) is 0 Å². The van der Waals surface area contributed by atoms with Crippen molar-refractivity contribution < 1.29 is 8.42 Å². The Balaban J connectivity index is 1.83. The van der Waals surface area contributed by atoms with Gasteiger partial charge in [0.05, 0.1) is 18.4 Å². The lowest BCUT2D eigenvalue weighted by molar-refractivity contribution is 0.598. The molecule has 2 heterocycles. The standard InChI is InChI=1S/C16H19N5O2S/c1-3-21-13(2)16(11-18-21)24(22,23)19-15-7-4-6-14(10-15)12-20-9-5-8-17-20/h4-11,19H,3,12H2,1-2H3. The first-order valence-corrected chi connectivity index (χ1v) is 9.09. The topological polar surface area (TPSA) is 81.8 Å². The molecule has 0 aliphatic rings. The van der Waals surface area contributed by atoms with E-state index in [-0.39, 0.29) is 4.90 Å². The molecule has 8 heteroatoms. The van der Waals surface area contributed by atoms with Crippen molar-refractivity contribution in [2.45, 2.75) is 31.8 Å². The van der Waals surface area contributed by atoms with Gasteiger partial charge < -0.3 is 0 Å². The molecular weight excluding hydrogens is 326 g/mol. The van der Waals surface area contributed by atoms with Crippen molar-refractivity contribution in [2.24, 2.45) is 0 Å². The fourth-order valence-electron chi connectivity index (χ4n) is 2.54. The van der Waals surface area contributed by atoms with E-state index in [1.165, 1.54) is 6.20 Å². The number of nitrogens with zero attached hydrogens (tertiary/aromatic N) is 4. The quantitative estimate of drug-likeness (QED) is 0.743. The molecule has 126 valence electrons. The van der Waals surface area contributed by atoms with E-state index < -0.39 is 10.0 Å². The molecular formula is C16H19N5O2S. The lowest BCUT2D eigenvalue weighted by Crippen LogP contribution is -2.14.